The largest absolute Gasteiger partial charge is 0.337 e. The minimum atomic E-state index is -0.349. The maximum absolute atomic E-state index is 12.8. The molecule has 1 amide bonds. The smallest absolute Gasteiger partial charge is 0.254 e. The number of carbonyl (C=O) groups excluding carboxylic acids is 1. The summed E-state index contributed by atoms with van der Waals surface area (Å²) in [5.41, 5.74) is 0.466. The summed E-state index contributed by atoms with van der Waals surface area (Å²) >= 11 is 0. The Hall–Kier alpha value is -2.17. The standard InChI is InChI=1S/C13H14FN3O/c1-16-8-7-15-12(16)9-17(2)13(18)10-3-5-11(14)6-4-10/h3-8H,9H2,1-2H3. The van der Waals surface area contributed by atoms with Crippen molar-refractivity contribution in [2.75, 3.05) is 7.05 Å². The van der Waals surface area contributed by atoms with E-state index in [-0.39, 0.29) is 11.7 Å². The van der Waals surface area contributed by atoms with Gasteiger partial charge < -0.3 is 9.47 Å². The van der Waals surface area contributed by atoms with Gasteiger partial charge in [-0.25, -0.2) is 9.37 Å². The first-order valence-corrected chi connectivity index (χ1v) is 5.55. The maximum atomic E-state index is 12.8. The van der Waals surface area contributed by atoms with Crippen LogP contribution >= 0.6 is 0 Å². The molecule has 0 unspecified atom stereocenters. The van der Waals surface area contributed by atoms with E-state index in [1.54, 1.807) is 18.1 Å². The zero-order chi connectivity index (χ0) is 13.1. The molecule has 0 fully saturated rings. The average molecular weight is 247 g/mol. The van der Waals surface area contributed by atoms with E-state index in [0.29, 0.717) is 12.1 Å². The van der Waals surface area contributed by atoms with E-state index in [1.807, 2.05) is 17.8 Å². The molecule has 1 aromatic carbocycles. The van der Waals surface area contributed by atoms with Gasteiger partial charge in [0.15, 0.2) is 0 Å². The number of imidazole rings is 1. The number of nitrogens with zero attached hydrogens (tertiary/aromatic N) is 3. The third-order valence-corrected chi connectivity index (χ3v) is 2.74. The van der Waals surface area contributed by atoms with Crippen LogP contribution in [-0.2, 0) is 13.6 Å². The normalized spacial score (nSPS) is 10.4. The molecule has 1 heterocycles. The quantitative estimate of drug-likeness (QED) is 0.830. The number of amides is 1. The number of aromatic nitrogens is 2. The summed E-state index contributed by atoms with van der Waals surface area (Å²) in [6, 6.07) is 5.52. The molecule has 2 aromatic rings. The second-order valence-electron chi connectivity index (χ2n) is 4.12. The third kappa shape index (κ3) is 2.56. The number of halogens is 1. The van der Waals surface area contributed by atoms with Gasteiger partial charge >= 0.3 is 0 Å². The maximum Gasteiger partial charge on any atom is 0.254 e. The lowest BCUT2D eigenvalue weighted by atomic mass is 10.2. The summed E-state index contributed by atoms with van der Waals surface area (Å²) in [5.74, 6) is 0.296. The van der Waals surface area contributed by atoms with E-state index in [9.17, 15) is 9.18 Å². The van der Waals surface area contributed by atoms with Gasteiger partial charge in [0, 0.05) is 32.1 Å². The topological polar surface area (TPSA) is 38.1 Å². The van der Waals surface area contributed by atoms with E-state index in [0.717, 1.165) is 5.82 Å². The van der Waals surface area contributed by atoms with Crippen LogP contribution in [0, 0.1) is 5.82 Å². The van der Waals surface area contributed by atoms with Crippen LogP contribution < -0.4 is 0 Å². The Bertz CT molecular complexity index is 548. The van der Waals surface area contributed by atoms with Gasteiger partial charge in [-0.1, -0.05) is 0 Å². The van der Waals surface area contributed by atoms with Crippen LogP contribution in [0.1, 0.15) is 16.2 Å². The molecule has 0 aliphatic rings. The zero-order valence-electron chi connectivity index (χ0n) is 10.3. The number of hydrogen-bond donors (Lipinski definition) is 0. The Morgan fingerprint density at radius 3 is 2.61 bits per heavy atom. The molecule has 94 valence electrons. The van der Waals surface area contributed by atoms with Gasteiger partial charge in [0.25, 0.3) is 5.91 Å². The molecular formula is C13H14FN3O. The van der Waals surface area contributed by atoms with E-state index in [2.05, 4.69) is 4.98 Å². The molecule has 1 aromatic heterocycles. The fourth-order valence-corrected chi connectivity index (χ4v) is 1.65. The van der Waals surface area contributed by atoms with Crippen molar-refractivity contribution >= 4 is 5.91 Å². The minimum absolute atomic E-state index is 0.155. The average Bonchev–Trinajstić information content (AvgIpc) is 2.75. The van der Waals surface area contributed by atoms with Crippen LogP contribution in [0.15, 0.2) is 36.7 Å². The second kappa shape index (κ2) is 5.00. The van der Waals surface area contributed by atoms with Crippen molar-refractivity contribution in [3.8, 4) is 0 Å². The summed E-state index contributed by atoms with van der Waals surface area (Å²) < 4.78 is 14.6. The van der Waals surface area contributed by atoms with Gasteiger partial charge in [0.05, 0.1) is 6.54 Å². The molecular weight excluding hydrogens is 233 g/mol. The van der Waals surface area contributed by atoms with Crippen molar-refractivity contribution in [2.24, 2.45) is 7.05 Å². The lowest BCUT2D eigenvalue weighted by Gasteiger charge is -2.16. The highest BCUT2D eigenvalue weighted by Crippen LogP contribution is 2.08. The molecule has 0 radical (unpaired) electrons. The van der Waals surface area contributed by atoms with Crippen LogP contribution in [0.3, 0.4) is 0 Å². The Labute approximate surface area is 105 Å². The SMILES string of the molecule is CN(Cc1nccn1C)C(=O)c1ccc(F)cc1. The van der Waals surface area contributed by atoms with Crippen LogP contribution in [-0.4, -0.2) is 27.4 Å². The fourth-order valence-electron chi connectivity index (χ4n) is 1.65. The van der Waals surface area contributed by atoms with Crippen molar-refractivity contribution in [1.29, 1.82) is 0 Å². The molecule has 5 heteroatoms. The Morgan fingerprint density at radius 2 is 2.06 bits per heavy atom. The molecule has 0 saturated carbocycles. The van der Waals surface area contributed by atoms with Gasteiger partial charge in [-0.15, -0.1) is 0 Å². The van der Waals surface area contributed by atoms with Crippen LogP contribution in [0.25, 0.3) is 0 Å². The number of carbonyl (C=O) groups is 1. The number of rotatable bonds is 3. The monoisotopic (exact) mass is 247 g/mol. The summed E-state index contributed by atoms with van der Waals surface area (Å²) in [6.45, 7) is 0.416. The van der Waals surface area contributed by atoms with Crippen molar-refractivity contribution in [3.63, 3.8) is 0 Å². The molecule has 18 heavy (non-hydrogen) atoms. The first kappa shape index (κ1) is 12.3. The predicted molar refractivity (Wildman–Crippen MR) is 65.4 cm³/mol. The van der Waals surface area contributed by atoms with Gasteiger partial charge in [-0.2, -0.15) is 0 Å². The molecule has 0 spiro atoms. The molecule has 2 rings (SSSR count). The second-order valence-corrected chi connectivity index (χ2v) is 4.12. The summed E-state index contributed by atoms with van der Waals surface area (Å²) in [7, 11) is 3.57. The first-order chi connectivity index (χ1) is 8.58. The molecule has 0 aliphatic heterocycles. The van der Waals surface area contributed by atoms with E-state index < -0.39 is 0 Å². The molecule has 0 atom stereocenters. The lowest BCUT2D eigenvalue weighted by molar-refractivity contribution is 0.0780. The molecule has 0 N–H and O–H groups in total. The molecule has 0 bridgehead atoms. The Balaban J connectivity index is 2.09. The van der Waals surface area contributed by atoms with E-state index >= 15 is 0 Å². The lowest BCUT2D eigenvalue weighted by Crippen LogP contribution is -2.27. The first-order valence-electron chi connectivity index (χ1n) is 5.55. The molecule has 4 nitrogen and oxygen atoms in total. The van der Waals surface area contributed by atoms with Gasteiger partial charge in [-0.3, -0.25) is 4.79 Å². The van der Waals surface area contributed by atoms with E-state index in [1.165, 1.54) is 24.3 Å². The Morgan fingerprint density at radius 1 is 1.39 bits per heavy atom. The van der Waals surface area contributed by atoms with Gasteiger partial charge in [0.1, 0.15) is 11.6 Å². The predicted octanol–water partition coefficient (Wildman–Crippen LogP) is 1.83. The van der Waals surface area contributed by atoms with Gasteiger partial charge in [-0.05, 0) is 24.3 Å². The highest BCUT2D eigenvalue weighted by molar-refractivity contribution is 5.93. The van der Waals surface area contributed by atoms with Crippen molar-refractivity contribution in [3.05, 3.63) is 53.9 Å². The summed E-state index contributed by atoms with van der Waals surface area (Å²) in [5, 5.41) is 0. The zero-order valence-corrected chi connectivity index (χ0v) is 10.3. The number of benzene rings is 1. The summed E-state index contributed by atoms with van der Waals surface area (Å²) in [4.78, 5) is 17.8. The van der Waals surface area contributed by atoms with Crippen molar-refractivity contribution < 1.29 is 9.18 Å². The van der Waals surface area contributed by atoms with E-state index in [4.69, 9.17) is 0 Å². The van der Waals surface area contributed by atoms with Crippen LogP contribution in [0.4, 0.5) is 4.39 Å². The van der Waals surface area contributed by atoms with Crippen LogP contribution in [0.2, 0.25) is 0 Å². The number of hydrogen-bond acceptors (Lipinski definition) is 2. The Kier molecular flexibility index (Phi) is 3.41. The third-order valence-electron chi connectivity index (χ3n) is 2.74. The fraction of sp³-hybridized carbons (Fsp3) is 0.231. The summed E-state index contributed by atoms with van der Waals surface area (Å²) in [6.07, 6.45) is 3.51. The van der Waals surface area contributed by atoms with Gasteiger partial charge in [0.2, 0.25) is 0 Å². The highest BCUT2D eigenvalue weighted by atomic mass is 19.1. The molecule has 0 aliphatic carbocycles. The van der Waals surface area contributed by atoms with Crippen molar-refractivity contribution in [2.45, 2.75) is 6.54 Å². The highest BCUT2D eigenvalue weighted by Gasteiger charge is 2.13. The molecule has 0 saturated heterocycles. The van der Waals surface area contributed by atoms with Crippen molar-refractivity contribution in [1.82, 2.24) is 14.5 Å². The number of aryl methyl sites for hydroxylation is 1. The van der Waals surface area contributed by atoms with Crippen LogP contribution in [0.5, 0.6) is 0 Å². The minimum Gasteiger partial charge on any atom is -0.337 e.